The van der Waals surface area contributed by atoms with Gasteiger partial charge in [0.15, 0.2) is 0 Å². The molecule has 0 N–H and O–H groups in total. The van der Waals surface area contributed by atoms with Crippen LogP contribution in [0.4, 0.5) is 0 Å². The van der Waals surface area contributed by atoms with Crippen LogP contribution in [-0.2, 0) is 0 Å². The van der Waals surface area contributed by atoms with Crippen molar-refractivity contribution in [2.75, 3.05) is 0 Å². The highest BCUT2D eigenvalue weighted by Crippen LogP contribution is 2.10. The molecule has 0 aliphatic heterocycles. The predicted molar refractivity (Wildman–Crippen MR) is 65.9 cm³/mol. The fraction of sp³-hybridized carbons (Fsp3) is 0.0909. The molecule has 0 aliphatic carbocycles. The van der Waals surface area contributed by atoms with Crippen molar-refractivity contribution in [3.63, 3.8) is 0 Å². The molecule has 1 aromatic carbocycles. The van der Waals surface area contributed by atoms with Gasteiger partial charge < -0.3 is 4.84 Å². The van der Waals surface area contributed by atoms with E-state index in [0.717, 1.165) is 15.5 Å². The second-order valence-electron chi connectivity index (χ2n) is 3.24. The van der Waals surface area contributed by atoms with Gasteiger partial charge in [-0.25, -0.2) is 0 Å². The van der Waals surface area contributed by atoms with E-state index in [0.29, 0.717) is 5.76 Å². The number of benzene rings is 1. The van der Waals surface area contributed by atoms with Crippen LogP contribution in [0, 0.1) is 0 Å². The lowest BCUT2D eigenvalue weighted by molar-refractivity contribution is 0.153. The number of hydrogen-bond acceptors (Lipinski definition) is 3. The van der Waals surface area contributed by atoms with Gasteiger partial charge >= 0.3 is 0 Å². The average molecular weight is 280 g/mol. The van der Waals surface area contributed by atoms with Crippen LogP contribution in [0.5, 0.6) is 0 Å². The third kappa shape index (κ3) is 2.30. The Morgan fingerprint density at radius 3 is 3.00 bits per heavy atom. The summed E-state index contributed by atoms with van der Waals surface area (Å²) < 4.78 is 0.745. The normalized spacial score (nSPS) is 11.8. The monoisotopic (exact) mass is 279 g/mol. The Kier molecular flexibility index (Phi) is 3.05. The maximum atomic E-state index is 5.49. The van der Waals surface area contributed by atoms with Gasteiger partial charge in [0.2, 0.25) is 0 Å². The van der Waals surface area contributed by atoms with E-state index in [4.69, 9.17) is 4.84 Å². The Balaban J connectivity index is 2.31. The molecule has 0 saturated carbocycles. The third-order valence-corrected chi connectivity index (χ3v) is 2.14. The van der Waals surface area contributed by atoms with Crippen LogP contribution in [0.1, 0.15) is 6.92 Å². The quantitative estimate of drug-likeness (QED) is 0.641. The SMILES string of the molecule is C=C(Br)/C=C(/C)On1nnc2ccccc21. The van der Waals surface area contributed by atoms with E-state index >= 15 is 0 Å². The Morgan fingerprint density at radius 2 is 2.25 bits per heavy atom. The lowest BCUT2D eigenvalue weighted by atomic mass is 10.3. The topological polar surface area (TPSA) is 39.9 Å². The highest BCUT2D eigenvalue weighted by atomic mass is 79.9. The zero-order chi connectivity index (χ0) is 11.5. The summed E-state index contributed by atoms with van der Waals surface area (Å²) >= 11 is 3.23. The lowest BCUT2D eigenvalue weighted by Crippen LogP contribution is -2.10. The van der Waals surface area contributed by atoms with Crippen LogP contribution in [0.15, 0.2) is 47.2 Å². The molecule has 0 amide bonds. The standard InChI is InChI=1S/C11H10BrN3O/c1-8(12)7-9(2)16-15-11-6-4-3-5-10(11)13-14-15/h3-7H,1H2,2H3/b9-7-. The summed E-state index contributed by atoms with van der Waals surface area (Å²) in [4.78, 5) is 6.88. The van der Waals surface area contributed by atoms with Crippen LogP contribution in [-0.4, -0.2) is 15.2 Å². The highest BCUT2D eigenvalue weighted by Gasteiger charge is 2.04. The number of nitrogens with zero attached hydrogens (tertiary/aromatic N) is 3. The average Bonchev–Trinajstić information content (AvgIpc) is 2.61. The van der Waals surface area contributed by atoms with Gasteiger partial charge in [-0.1, -0.05) is 39.5 Å². The summed E-state index contributed by atoms with van der Waals surface area (Å²) in [5.74, 6) is 0.678. The maximum Gasteiger partial charge on any atom is 0.133 e. The van der Waals surface area contributed by atoms with E-state index in [9.17, 15) is 0 Å². The van der Waals surface area contributed by atoms with Gasteiger partial charge in [-0.15, -0.1) is 5.10 Å². The van der Waals surface area contributed by atoms with Crippen molar-refractivity contribution in [3.8, 4) is 0 Å². The number of rotatable bonds is 3. The minimum absolute atomic E-state index is 0.678. The Bertz CT molecular complexity index is 559. The van der Waals surface area contributed by atoms with E-state index in [2.05, 4.69) is 32.8 Å². The Morgan fingerprint density at radius 1 is 1.50 bits per heavy atom. The van der Waals surface area contributed by atoms with E-state index in [1.807, 2.05) is 31.2 Å². The first-order valence-electron chi connectivity index (χ1n) is 4.68. The molecule has 1 aromatic heterocycles. The van der Waals surface area contributed by atoms with Gasteiger partial charge in [-0.2, -0.15) is 0 Å². The molecular formula is C11H10BrN3O. The highest BCUT2D eigenvalue weighted by molar-refractivity contribution is 9.11. The maximum absolute atomic E-state index is 5.49. The molecule has 2 aromatic rings. The largest absolute Gasteiger partial charge is 0.361 e. The first-order chi connectivity index (χ1) is 7.66. The van der Waals surface area contributed by atoms with Crippen molar-refractivity contribution in [1.82, 2.24) is 15.2 Å². The molecule has 0 fully saturated rings. The summed E-state index contributed by atoms with van der Waals surface area (Å²) in [5.41, 5.74) is 1.63. The third-order valence-electron chi connectivity index (χ3n) is 1.91. The minimum atomic E-state index is 0.678. The number of hydrogen-bond donors (Lipinski definition) is 0. The summed E-state index contributed by atoms with van der Waals surface area (Å²) in [6.45, 7) is 5.52. The molecule has 4 nitrogen and oxygen atoms in total. The number of halogens is 1. The smallest absolute Gasteiger partial charge is 0.133 e. The Labute approximate surface area is 101 Å². The van der Waals surface area contributed by atoms with Gasteiger partial charge in [0.05, 0.1) is 0 Å². The van der Waals surface area contributed by atoms with Crippen molar-refractivity contribution in [2.24, 2.45) is 0 Å². The van der Waals surface area contributed by atoms with Crippen molar-refractivity contribution < 1.29 is 4.84 Å². The molecular weight excluding hydrogens is 270 g/mol. The van der Waals surface area contributed by atoms with Crippen molar-refractivity contribution >= 4 is 27.0 Å². The molecule has 0 unspecified atom stereocenters. The van der Waals surface area contributed by atoms with Gasteiger partial charge in [0.1, 0.15) is 16.8 Å². The van der Waals surface area contributed by atoms with Crippen molar-refractivity contribution in [2.45, 2.75) is 6.92 Å². The molecule has 5 heteroatoms. The van der Waals surface area contributed by atoms with Gasteiger partial charge in [0, 0.05) is 4.48 Å². The van der Waals surface area contributed by atoms with Crippen molar-refractivity contribution in [1.29, 1.82) is 0 Å². The molecule has 82 valence electrons. The van der Waals surface area contributed by atoms with E-state index in [-0.39, 0.29) is 0 Å². The lowest BCUT2D eigenvalue weighted by Gasteiger charge is -2.04. The fourth-order valence-corrected chi connectivity index (χ4v) is 1.62. The van der Waals surface area contributed by atoms with Crippen LogP contribution in [0.3, 0.4) is 0 Å². The van der Waals surface area contributed by atoms with Gasteiger partial charge in [-0.05, 0) is 30.3 Å². The summed E-state index contributed by atoms with van der Waals surface area (Å²) in [7, 11) is 0. The number of allylic oxidation sites excluding steroid dienone is 3. The second kappa shape index (κ2) is 4.49. The van der Waals surface area contributed by atoms with Crippen LogP contribution in [0.2, 0.25) is 0 Å². The predicted octanol–water partition coefficient (Wildman–Crippen LogP) is 2.67. The molecule has 0 radical (unpaired) electrons. The number of fused-ring (bicyclic) bond motifs is 1. The summed E-state index contributed by atoms with van der Waals surface area (Å²) in [6, 6.07) is 7.59. The molecule has 2 rings (SSSR count). The van der Waals surface area contributed by atoms with Gasteiger partial charge in [0.25, 0.3) is 0 Å². The molecule has 0 saturated heterocycles. The van der Waals surface area contributed by atoms with E-state index in [1.54, 1.807) is 6.08 Å². The first kappa shape index (κ1) is 10.9. The minimum Gasteiger partial charge on any atom is -0.361 e. The zero-order valence-electron chi connectivity index (χ0n) is 8.72. The fourth-order valence-electron chi connectivity index (χ4n) is 1.30. The molecule has 1 heterocycles. The first-order valence-corrected chi connectivity index (χ1v) is 5.47. The zero-order valence-corrected chi connectivity index (χ0v) is 10.3. The van der Waals surface area contributed by atoms with E-state index in [1.165, 1.54) is 4.85 Å². The second-order valence-corrected chi connectivity index (χ2v) is 4.26. The van der Waals surface area contributed by atoms with Gasteiger partial charge in [-0.3, -0.25) is 0 Å². The molecule has 0 aliphatic rings. The van der Waals surface area contributed by atoms with Crippen LogP contribution >= 0.6 is 15.9 Å². The number of aromatic nitrogens is 3. The Hall–Kier alpha value is -1.62. The van der Waals surface area contributed by atoms with Crippen LogP contribution < -0.4 is 4.84 Å². The van der Waals surface area contributed by atoms with Crippen LogP contribution in [0.25, 0.3) is 11.0 Å². The number of para-hydroxylation sites is 1. The molecule has 0 bridgehead atoms. The molecule has 16 heavy (non-hydrogen) atoms. The summed E-state index contributed by atoms with van der Waals surface area (Å²) in [6.07, 6.45) is 1.76. The molecule has 0 spiro atoms. The van der Waals surface area contributed by atoms with E-state index < -0.39 is 0 Å². The molecule has 0 atom stereocenters. The van der Waals surface area contributed by atoms with Crippen molar-refractivity contribution in [3.05, 3.63) is 47.2 Å². The summed E-state index contributed by atoms with van der Waals surface area (Å²) in [5, 5.41) is 7.88.